The molecular weight excluding hydrogens is 259 g/mol. The van der Waals surface area contributed by atoms with Crippen LogP contribution in [0.3, 0.4) is 0 Å². The van der Waals surface area contributed by atoms with Gasteiger partial charge in [-0.25, -0.2) is 0 Å². The van der Waals surface area contributed by atoms with E-state index in [2.05, 4.69) is 0 Å². The summed E-state index contributed by atoms with van der Waals surface area (Å²) < 4.78 is 0.682. The predicted molar refractivity (Wildman–Crippen MR) is 62.7 cm³/mol. The van der Waals surface area contributed by atoms with Crippen molar-refractivity contribution in [3.8, 4) is 0 Å². The summed E-state index contributed by atoms with van der Waals surface area (Å²) in [6, 6.07) is 5.37. The van der Waals surface area contributed by atoms with Gasteiger partial charge in [-0.05, 0) is 18.2 Å². The Bertz CT molecular complexity index is 395. The van der Waals surface area contributed by atoms with Crippen LogP contribution >= 0.6 is 45.9 Å². The van der Waals surface area contributed by atoms with E-state index in [0.717, 1.165) is 9.75 Å². The van der Waals surface area contributed by atoms with Gasteiger partial charge >= 0.3 is 0 Å². The highest BCUT2D eigenvalue weighted by Crippen LogP contribution is 2.34. The molecule has 74 valence electrons. The van der Waals surface area contributed by atoms with Crippen molar-refractivity contribution in [2.24, 2.45) is 0 Å². The quantitative estimate of drug-likeness (QED) is 0.862. The van der Waals surface area contributed by atoms with E-state index in [1.54, 1.807) is 17.5 Å². The molecule has 2 heterocycles. The summed E-state index contributed by atoms with van der Waals surface area (Å²) in [5.74, 6) is 0. The zero-order chi connectivity index (χ0) is 10.1. The summed E-state index contributed by atoms with van der Waals surface area (Å²) in [6.45, 7) is 0. The van der Waals surface area contributed by atoms with Crippen molar-refractivity contribution < 1.29 is 5.11 Å². The van der Waals surface area contributed by atoms with Gasteiger partial charge in [0.1, 0.15) is 6.10 Å². The molecule has 0 spiro atoms. The van der Waals surface area contributed by atoms with E-state index in [1.807, 2.05) is 6.07 Å². The summed E-state index contributed by atoms with van der Waals surface area (Å²) in [6.07, 6.45) is -0.606. The molecule has 14 heavy (non-hydrogen) atoms. The highest BCUT2D eigenvalue weighted by Gasteiger charge is 2.14. The van der Waals surface area contributed by atoms with Gasteiger partial charge in [0, 0.05) is 15.1 Å². The highest BCUT2D eigenvalue weighted by molar-refractivity contribution is 7.16. The van der Waals surface area contributed by atoms with Gasteiger partial charge in [0.15, 0.2) is 0 Å². The van der Waals surface area contributed by atoms with Crippen LogP contribution < -0.4 is 0 Å². The van der Waals surface area contributed by atoms with Crippen molar-refractivity contribution in [1.29, 1.82) is 0 Å². The summed E-state index contributed by atoms with van der Waals surface area (Å²) in [5.41, 5.74) is 0. The fourth-order valence-electron chi connectivity index (χ4n) is 1.09. The number of aliphatic hydroxyl groups is 1. The zero-order valence-corrected chi connectivity index (χ0v) is 10.1. The Morgan fingerprint density at radius 3 is 2.50 bits per heavy atom. The van der Waals surface area contributed by atoms with Gasteiger partial charge in [-0.15, -0.1) is 22.7 Å². The molecule has 1 N–H and O–H groups in total. The van der Waals surface area contributed by atoms with Crippen LogP contribution in [-0.2, 0) is 0 Å². The third-order valence-corrected chi connectivity index (χ3v) is 4.34. The molecule has 0 aromatic carbocycles. The second kappa shape index (κ2) is 4.21. The molecule has 0 saturated carbocycles. The normalized spacial score (nSPS) is 13.1. The van der Waals surface area contributed by atoms with Crippen molar-refractivity contribution >= 4 is 45.9 Å². The average molecular weight is 265 g/mol. The maximum atomic E-state index is 9.92. The predicted octanol–water partition coefficient (Wildman–Crippen LogP) is 4.20. The largest absolute Gasteiger partial charge is 0.382 e. The van der Waals surface area contributed by atoms with E-state index in [9.17, 15) is 5.11 Å². The molecule has 0 bridgehead atoms. The van der Waals surface area contributed by atoms with Crippen molar-refractivity contribution in [2.75, 3.05) is 0 Å². The van der Waals surface area contributed by atoms with Crippen LogP contribution in [0.5, 0.6) is 0 Å². The van der Waals surface area contributed by atoms with Crippen molar-refractivity contribution in [3.63, 3.8) is 0 Å². The number of hydrogen-bond acceptors (Lipinski definition) is 3. The summed E-state index contributed by atoms with van der Waals surface area (Å²) in [7, 11) is 0. The molecule has 0 fully saturated rings. The minimum Gasteiger partial charge on any atom is -0.382 e. The van der Waals surface area contributed by atoms with Crippen molar-refractivity contribution in [3.05, 3.63) is 42.7 Å². The van der Waals surface area contributed by atoms with Crippen LogP contribution in [0.2, 0.25) is 9.36 Å². The molecule has 0 radical (unpaired) electrons. The monoisotopic (exact) mass is 264 g/mol. The first kappa shape index (κ1) is 10.5. The van der Waals surface area contributed by atoms with E-state index in [-0.39, 0.29) is 0 Å². The number of aliphatic hydroxyl groups excluding tert-OH is 1. The van der Waals surface area contributed by atoms with Crippen molar-refractivity contribution in [2.45, 2.75) is 6.10 Å². The lowest BCUT2D eigenvalue weighted by molar-refractivity contribution is 0.228. The van der Waals surface area contributed by atoms with Crippen molar-refractivity contribution in [1.82, 2.24) is 0 Å². The maximum absolute atomic E-state index is 9.92. The zero-order valence-electron chi connectivity index (χ0n) is 6.91. The molecule has 0 aliphatic carbocycles. The Balaban J connectivity index is 2.28. The maximum Gasteiger partial charge on any atom is 0.122 e. The third-order valence-electron chi connectivity index (χ3n) is 1.72. The smallest absolute Gasteiger partial charge is 0.122 e. The van der Waals surface area contributed by atoms with Gasteiger partial charge in [-0.3, -0.25) is 0 Å². The lowest BCUT2D eigenvalue weighted by atomic mass is 10.2. The van der Waals surface area contributed by atoms with Gasteiger partial charge in [0.05, 0.1) is 9.36 Å². The number of thiophene rings is 2. The second-order valence-corrected chi connectivity index (χ2v) is 5.84. The van der Waals surface area contributed by atoms with Gasteiger partial charge < -0.3 is 5.11 Å². The Morgan fingerprint density at radius 1 is 1.21 bits per heavy atom. The molecule has 0 aliphatic heterocycles. The van der Waals surface area contributed by atoms with Gasteiger partial charge in [0.25, 0.3) is 0 Å². The summed E-state index contributed by atoms with van der Waals surface area (Å²) >= 11 is 14.4. The first-order chi connectivity index (χ1) is 6.66. The molecule has 1 atom stereocenters. The molecule has 2 aromatic rings. The standard InChI is InChI=1S/C9H6Cl2OS2/c10-5-3-7(13-4-5)9(12)6-1-2-8(11)14-6/h1-4,9,12H. The summed E-state index contributed by atoms with van der Waals surface area (Å²) in [5, 5.41) is 12.4. The van der Waals surface area contributed by atoms with Gasteiger partial charge in [-0.1, -0.05) is 23.2 Å². The molecule has 0 amide bonds. The SMILES string of the molecule is OC(c1cc(Cl)cs1)c1ccc(Cl)s1. The Labute approximate surface area is 99.5 Å². The third kappa shape index (κ3) is 2.12. The second-order valence-electron chi connectivity index (χ2n) is 2.71. The van der Waals surface area contributed by atoms with Crippen LogP contribution in [0.1, 0.15) is 15.9 Å². The minimum atomic E-state index is -0.606. The lowest BCUT2D eigenvalue weighted by Crippen LogP contribution is -1.92. The molecule has 2 aromatic heterocycles. The minimum absolute atomic E-state index is 0.606. The average Bonchev–Trinajstić information content (AvgIpc) is 2.73. The van der Waals surface area contributed by atoms with E-state index in [0.29, 0.717) is 9.36 Å². The fourth-order valence-corrected chi connectivity index (χ4v) is 3.31. The molecule has 2 rings (SSSR count). The summed E-state index contributed by atoms with van der Waals surface area (Å²) in [4.78, 5) is 1.68. The first-order valence-electron chi connectivity index (χ1n) is 3.84. The van der Waals surface area contributed by atoms with E-state index in [4.69, 9.17) is 23.2 Å². The lowest BCUT2D eigenvalue weighted by Gasteiger charge is -2.03. The molecule has 0 aliphatic rings. The highest BCUT2D eigenvalue weighted by atomic mass is 35.5. The number of halogens is 2. The van der Waals surface area contributed by atoms with Crippen LogP contribution in [-0.4, -0.2) is 5.11 Å². The van der Waals surface area contributed by atoms with E-state index in [1.165, 1.54) is 22.7 Å². The Kier molecular flexibility index (Phi) is 3.14. The van der Waals surface area contributed by atoms with E-state index >= 15 is 0 Å². The number of rotatable bonds is 2. The molecule has 1 nitrogen and oxygen atoms in total. The molecule has 0 saturated heterocycles. The fraction of sp³-hybridized carbons (Fsp3) is 0.111. The van der Waals surface area contributed by atoms with Gasteiger partial charge in [-0.2, -0.15) is 0 Å². The van der Waals surface area contributed by atoms with Gasteiger partial charge in [0.2, 0.25) is 0 Å². The topological polar surface area (TPSA) is 20.2 Å². The van der Waals surface area contributed by atoms with Crippen LogP contribution in [0.4, 0.5) is 0 Å². The van der Waals surface area contributed by atoms with E-state index < -0.39 is 6.10 Å². The Morgan fingerprint density at radius 2 is 2.00 bits per heavy atom. The first-order valence-corrected chi connectivity index (χ1v) is 6.29. The molecule has 1 unspecified atom stereocenters. The molecular formula is C9H6Cl2OS2. The molecule has 5 heteroatoms. The van der Waals surface area contributed by atoms with Crippen LogP contribution in [0, 0.1) is 0 Å². The van der Waals surface area contributed by atoms with Crippen LogP contribution in [0.25, 0.3) is 0 Å². The van der Waals surface area contributed by atoms with Crippen LogP contribution in [0.15, 0.2) is 23.6 Å². The Hall–Kier alpha value is -0.0600. The number of hydrogen-bond donors (Lipinski definition) is 1.